The monoisotopic (exact) mass is 805 g/mol. The number of hydrogen-bond acceptors (Lipinski definition) is 16. The SMILES string of the molecule is CCOC(=O)O[C@H]1[C@H](O[C@H]2[C@H](C)[C@H](O[C@H]3C[C@@](C)(OC)[C@@H](O)[C@H](C)O3)[C@H](C)C(=O)O[C@H](CC)C(C)(O)C(O)[C@@H](C)C(=O)[C@H](C)C[C@@]2(C)O)O[C@H](C)C[C@@H]1N(C)C. The molecule has 3 aliphatic rings. The van der Waals surface area contributed by atoms with Crippen LogP contribution in [0, 0.1) is 23.7 Å². The third kappa shape index (κ3) is 10.8. The second-order valence-corrected chi connectivity index (χ2v) is 17.2. The highest BCUT2D eigenvalue weighted by Gasteiger charge is 2.54. The molecule has 0 aliphatic carbocycles. The summed E-state index contributed by atoms with van der Waals surface area (Å²) in [5, 5.41) is 46.6. The van der Waals surface area contributed by atoms with Gasteiger partial charge in [0.05, 0.1) is 60.3 Å². The fraction of sp³-hybridized carbons (Fsp3) is 0.925. The average Bonchev–Trinajstić information content (AvgIpc) is 3.12. The van der Waals surface area contributed by atoms with Crippen LogP contribution in [-0.2, 0) is 47.5 Å². The van der Waals surface area contributed by atoms with Gasteiger partial charge in [-0.15, -0.1) is 0 Å². The van der Waals surface area contributed by atoms with E-state index in [1.165, 1.54) is 27.9 Å². The molecule has 16 nitrogen and oxygen atoms in total. The average molecular weight is 806 g/mol. The number of ether oxygens (including phenoxy) is 8. The number of carbonyl (C=O) groups excluding carboxylic acids is 3. The lowest BCUT2D eigenvalue weighted by Crippen LogP contribution is -2.61. The van der Waals surface area contributed by atoms with E-state index in [0.29, 0.717) is 6.42 Å². The molecule has 3 rings (SSSR count). The molecule has 16 heteroatoms. The predicted molar refractivity (Wildman–Crippen MR) is 202 cm³/mol. The largest absolute Gasteiger partial charge is 0.508 e. The quantitative estimate of drug-likeness (QED) is 0.247. The standard InChI is InChI=1S/C40H71NO15/c1-15-27-40(11,48)32(43)22(5)29(42)20(3)18-38(9,47)34(56-36-31(55-37(46)50-16-2)26(41(12)13)17-21(4)51-36)23(6)30(24(7)35(45)53-27)54-28-19-39(10,49-14)33(44)25(8)52-28/h20-28,30-34,36,43-44,47-48H,15-19H2,1-14H3/t20-,21-,22+,23-,24+,25+,26+,27-,28+,30+,31-,32?,33+,34+,36+,38-,39-,40?/m1/s1. The van der Waals surface area contributed by atoms with E-state index in [-0.39, 0.29) is 32.0 Å². The van der Waals surface area contributed by atoms with Gasteiger partial charge in [0.25, 0.3) is 0 Å². The van der Waals surface area contributed by atoms with Crippen molar-refractivity contribution in [1.29, 1.82) is 0 Å². The van der Waals surface area contributed by atoms with Crippen LogP contribution in [0.1, 0.15) is 102 Å². The van der Waals surface area contributed by atoms with Gasteiger partial charge in [0, 0.05) is 31.3 Å². The molecule has 0 aromatic heterocycles. The molecule has 3 heterocycles. The molecule has 0 saturated carbocycles. The first-order chi connectivity index (χ1) is 25.9. The molecule has 0 bridgehead atoms. The minimum absolute atomic E-state index is 0.0625. The van der Waals surface area contributed by atoms with Gasteiger partial charge >= 0.3 is 12.1 Å². The van der Waals surface area contributed by atoms with E-state index in [0.717, 1.165) is 0 Å². The third-order valence-electron chi connectivity index (χ3n) is 12.3. The topological polar surface area (TPSA) is 209 Å². The molecule has 0 aromatic rings. The first-order valence-electron chi connectivity index (χ1n) is 20.1. The minimum Gasteiger partial charge on any atom is -0.459 e. The van der Waals surface area contributed by atoms with E-state index in [9.17, 15) is 34.8 Å². The van der Waals surface area contributed by atoms with Crippen molar-refractivity contribution in [3.05, 3.63) is 0 Å². The smallest absolute Gasteiger partial charge is 0.459 e. The van der Waals surface area contributed by atoms with E-state index in [2.05, 4.69) is 0 Å². The first kappa shape index (κ1) is 48.4. The molecule has 326 valence electrons. The number of likely N-dealkylation sites (N-methyl/N-ethyl adjacent to an activating group) is 1. The minimum atomic E-state index is -2.02. The van der Waals surface area contributed by atoms with Gasteiger partial charge in [0.2, 0.25) is 0 Å². The number of esters is 1. The molecule has 2 unspecified atom stereocenters. The van der Waals surface area contributed by atoms with E-state index >= 15 is 0 Å². The van der Waals surface area contributed by atoms with Crippen molar-refractivity contribution in [3.8, 4) is 0 Å². The van der Waals surface area contributed by atoms with Crippen LogP contribution in [0.2, 0.25) is 0 Å². The number of Topliss-reactive ketones (excluding diaryl/α,β-unsaturated/α-hetero) is 1. The zero-order chi connectivity index (χ0) is 42.7. The maximum atomic E-state index is 14.2. The van der Waals surface area contributed by atoms with Crippen LogP contribution in [0.3, 0.4) is 0 Å². The molecule has 0 spiro atoms. The van der Waals surface area contributed by atoms with Crippen LogP contribution in [-0.4, -0.2) is 155 Å². The highest BCUT2D eigenvalue weighted by atomic mass is 16.8. The summed E-state index contributed by atoms with van der Waals surface area (Å²) in [5.41, 5.74) is -4.98. The molecule has 18 atom stereocenters. The van der Waals surface area contributed by atoms with Gasteiger partial charge in [-0.1, -0.05) is 27.7 Å². The lowest BCUT2D eigenvalue weighted by molar-refractivity contribution is -0.318. The van der Waals surface area contributed by atoms with Gasteiger partial charge in [-0.3, -0.25) is 9.59 Å². The fourth-order valence-electron chi connectivity index (χ4n) is 8.78. The molecule has 3 aliphatic heterocycles. The molecule has 3 fully saturated rings. The summed E-state index contributed by atoms with van der Waals surface area (Å²) >= 11 is 0. The Kier molecular flexibility index (Phi) is 16.7. The van der Waals surface area contributed by atoms with E-state index in [1.807, 2.05) is 25.9 Å². The van der Waals surface area contributed by atoms with Gasteiger partial charge in [0.15, 0.2) is 18.7 Å². The number of rotatable bonds is 9. The van der Waals surface area contributed by atoms with Crippen molar-refractivity contribution in [1.82, 2.24) is 4.90 Å². The Labute approximate surface area is 332 Å². The third-order valence-corrected chi connectivity index (χ3v) is 12.3. The summed E-state index contributed by atoms with van der Waals surface area (Å²) in [5.74, 6) is -5.24. The Bertz CT molecular complexity index is 1310. The van der Waals surface area contributed by atoms with Crippen molar-refractivity contribution >= 4 is 17.9 Å². The van der Waals surface area contributed by atoms with Gasteiger partial charge in [-0.05, 0) is 81.8 Å². The van der Waals surface area contributed by atoms with Crippen LogP contribution in [0.4, 0.5) is 4.79 Å². The molecular formula is C40H71NO15. The van der Waals surface area contributed by atoms with Crippen LogP contribution in [0.15, 0.2) is 0 Å². The lowest BCUT2D eigenvalue weighted by Gasteiger charge is -2.49. The van der Waals surface area contributed by atoms with Crippen molar-refractivity contribution in [2.45, 2.75) is 186 Å². The van der Waals surface area contributed by atoms with E-state index in [1.54, 1.807) is 48.5 Å². The highest BCUT2D eigenvalue weighted by molar-refractivity contribution is 5.83. The first-order valence-corrected chi connectivity index (χ1v) is 20.1. The normalized spacial score (nSPS) is 46.2. The van der Waals surface area contributed by atoms with Gasteiger partial charge < -0.3 is 63.2 Å². The lowest BCUT2D eigenvalue weighted by atomic mass is 9.74. The molecule has 0 aromatic carbocycles. The summed E-state index contributed by atoms with van der Waals surface area (Å²) in [7, 11) is 5.13. The number of aliphatic hydroxyl groups excluding tert-OH is 2. The summed E-state index contributed by atoms with van der Waals surface area (Å²) in [6.07, 6.45) is -11.2. The Morgan fingerprint density at radius 3 is 2.07 bits per heavy atom. The number of hydrogen-bond donors (Lipinski definition) is 4. The summed E-state index contributed by atoms with van der Waals surface area (Å²) in [6, 6.07) is -0.398. The van der Waals surface area contributed by atoms with Gasteiger partial charge in [-0.2, -0.15) is 0 Å². The Balaban J connectivity index is 2.24. The maximum Gasteiger partial charge on any atom is 0.508 e. The highest BCUT2D eigenvalue weighted by Crippen LogP contribution is 2.41. The number of aliphatic hydroxyl groups is 4. The van der Waals surface area contributed by atoms with E-state index < -0.39 is 120 Å². The molecule has 0 radical (unpaired) electrons. The number of cyclic esters (lactones) is 1. The Morgan fingerprint density at radius 1 is 0.893 bits per heavy atom. The second kappa shape index (κ2) is 19.4. The summed E-state index contributed by atoms with van der Waals surface area (Å²) in [6.45, 7) is 17.9. The van der Waals surface area contributed by atoms with Gasteiger partial charge in [0.1, 0.15) is 23.6 Å². The van der Waals surface area contributed by atoms with Crippen molar-refractivity contribution in [2.75, 3.05) is 27.8 Å². The molecule has 56 heavy (non-hydrogen) atoms. The van der Waals surface area contributed by atoms with Crippen molar-refractivity contribution in [2.24, 2.45) is 23.7 Å². The van der Waals surface area contributed by atoms with Crippen LogP contribution < -0.4 is 0 Å². The molecule has 3 saturated heterocycles. The summed E-state index contributed by atoms with van der Waals surface area (Å²) in [4.78, 5) is 42.9. The Morgan fingerprint density at radius 2 is 1.52 bits per heavy atom. The zero-order valence-corrected chi connectivity index (χ0v) is 35.9. The second-order valence-electron chi connectivity index (χ2n) is 17.2. The van der Waals surface area contributed by atoms with Crippen LogP contribution >= 0.6 is 0 Å². The maximum absolute atomic E-state index is 14.2. The fourth-order valence-corrected chi connectivity index (χ4v) is 8.78. The van der Waals surface area contributed by atoms with Crippen molar-refractivity contribution in [3.63, 3.8) is 0 Å². The number of nitrogens with zero attached hydrogens (tertiary/aromatic N) is 1. The Hall–Kier alpha value is -1.99. The van der Waals surface area contributed by atoms with Crippen LogP contribution in [0.25, 0.3) is 0 Å². The van der Waals surface area contributed by atoms with E-state index in [4.69, 9.17) is 37.9 Å². The van der Waals surface area contributed by atoms with Crippen LogP contribution in [0.5, 0.6) is 0 Å². The van der Waals surface area contributed by atoms with Crippen molar-refractivity contribution < 1.29 is 72.7 Å². The molecule has 0 amide bonds. The molecule has 4 N–H and O–H groups in total. The molecular weight excluding hydrogens is 734 g/mol. The van der Waals surface area contributed by atoms with Gasteiger partial charge in [-0.25, -0.2) is 4.79 Å². The zero-order valence-electron chi connectivity index (χ0n) is 35.9. The number of methoxy groups -OCH3 is 1. The predicted octanol–water partition coefficient (Wildman–Crippen LogP) is 2.97. The number of carbonyl (C=O) groups is 3. The number of ketones is 1. The summed E-state index contributed by atoms with van der Waals surface area (Å²) < 4.78 is 48.6.